The number of carbonyl (C=O) groups is 1. The molecular formula is C16H20BrN3O. The van der Waals surface area contributed by atoms with Gasteiger partial charge in [0.15, 0.2) is 5.69 Å². The van der Waals surface area contributed by atoms with E-state index < -0.39 is 0 Å². The van der Waals surface area contributed by atoms with Crippen molar-refractivity contribution in [3.8, 4) is 0 Å². The zero-order valence-corrected chi connectivity index (χ0v) is 14.2. The molecule has 1 amide bonds. The van der Waals surface area contributed by atoms with E-state index in [0.29, 0.717) is 5.69 Å². The molecule has 1 N–H and O–H groups in total. The standard InChI is InChI=1S/C16H20BrN3O/c1-4-5-6-12-7-9-13(10-8-12)18-16(21)15-14(17)11(2)20(3)19-15/h7-10H,4-6H2,1-3H3,(H,18,21). The monoisotopic (exact) mass is 349 g/mol. The minimum absolute atomic E-state index is 0.202. The third-order valence-electron chi connectivity index (χ3n) is 3.51. The van der Waals surface area contributed by atoms with E-state index in [4.69, 9.17) is 0 Å². The summed E-state index contributed by atoms with van der Waals surface area (Å²) in [5.41, 5.74) is 3.42. The molecule has 2 rings (SSSR count). The van der Waals surface area contributed by atoms with Crippen LogP contribution in [0, 0.1) is 6.92 Å². The van der Waals surface area contributed by atoms with Crippen LogP contribution in [0.3, 0.4) is 0 Å². The number of hydrogen-bond donors (Lipinski definition) is 1. The molecule has 0 spiro atoms. The van der Waals surface area contributed by atoms with Crippen LogP contribution < -0.4 is 5.32 Å². The second-order valence-corrected chi connectivity index (χ2v) is 5.92. The number of aromatic nitrogens is 2. The van der Waals surface area contributed by atoms with Crippen molar-refractivity contribution in [2.45, 2.75) is 33.1 Å². The van der Waals surface area contributed by atoms with Crippen LogP contribution in [0.2, 0.25) is 0 Å². The highest BCUT2D eigenvalue weighted by Crippen LogP contribution is 2.21. The van der Waals surface area contributed by atoms with E-state index in [0.717, 1.165) is 22.3 Å². The molecule has 0 bridgehead atoms. The molecule has 0 aliphatic rings. The van der Waals surface area contributed by atoms with Crippen molar-refractivity contribution in [2.75, 3.05) is 5.32 Å². The highest BCUT2D eigenvalue weighted by molar-refractivity contribution is 9.10. The van der Waals surface area contributed by atoms with E-state index in [2.05, 4.69) is 45.4 Å². The van der Waals surface area contributed by atoms with Gasteiger partial charge in [0.2, 0.25) is 0 Å². The fourth-order valence-electron chi connectivity index (χ4n) is 2.05. The first-order valence-electron chi connectivity index (χ1n) is 7.12. The van der Waals surface area contributed by atoms with Crippen LogP contribution in [0.25, 0.3) is 0 Å². The average Bonchev–Trinajstić information content (AvgIpc) is 2.74. The Morgan fingerprint density at radius 3 is 2.52 bits per heavy atom. The predicted octanol–water partition coefficient (Wildman–Crippen LogP) is 4.09. The number of hydrogen-bond acceptors (Lipinski definition) is 2. The minimum Gasteiger partial charge on any atom is -0.321 e. The molecule has 1 heterocycles. The Morgan fingerprint density at radius 2 is 2.00 bits per heavy atom. The van der Waals surface area contributed by atoms with Gasteiger partial charge in [0.1, 0.15) is 0 Å². The Bertz CT molecular complexity index is 632. The third kappa shape index (κ3) is 3.73. The zero-order chi connectivity index (χ0) is 15.4. The van der Waals surface area contributed by atoms with Crippen LogP contribution >= 0.6 is 15.9 Å². The second-order valence-electron chi connectivity index (χ2n) is 5.13. The van der Waals surface area contributed by atoms with Crippen LogP contribution in [-0.2, 0) is 13.5 Å². The molecule has 0 saturated heterocycles. The maximum absolute atomic E-state index is 12.2. The molecule has 0 atom stereocenters. The summed E-state index contributed by atoms with van der Waals surface area (Å²) >= 11 is 3.41. The average molecular weight is 350 g/mol. The van der Waals surface area contributed by atoms with Crippen molar-refractivity contribution in [3.63, 3.8) is 0 Å². The fraction of sp³-hybridized carbons (Fsp3) is 0.375. The lowest BCUT2D eigenvalue weighted by molar-refractivity contribution is 0.102. The van der Waals surface area contributed by atoms with Crippen molar-refractivity contribution in [3.05, 3.63) is 45.7 Å². The molecule has 0 aliphatic heterocycles. The molecule has 0 saturated carbocycles. The van der Waals surface area contributed by atoms with Crippen LogP contribution in [0.4, 0.5) is 5.69 Å². The summed E-state index contributed by atoms with van der Waals surface area (Å²) in [5.74, 6) is -0.202. The summed E-state index contributed by atoms with van der Waals surface area (Å²) < 4.78 is 2.43. The number of amides is 1. The topological polar surface area (TPSA) is 46.9 Å². The number of anilines is 1. The van der Waals surface area contributed by atoms with Gasteiger partial charge in [-0.2, -0.15) is 5.10 Å². The van der Waals surface area contributed by atoms with E-state index in [1.807, 2.05) is 26.1 Å². The molecule has 4 nitrogen and oxygen atoms in total. The smallest absolute Gasteiger partial charge is 0.277 e. The third-order valence-corrected chi connectivity index (χ3v) is 4.46. The van der Waals surface area contributed by atoms with Gasteiger partial charge < -0.3 is 5.32 Å². The van der Waals surface area contributed by atoms with Gasteiger partial charge in [0, 0.05) is 12.7 Å². The summed E-state index contributed by atoms with van der Waals surface area (Å²) in [6.45, 7) is 4.09. The Kier molecular flexibility index (Phi) is 5.17. The minimum atomic E-state index is -0.202. The Labute approximate surface area is 133 Å². The number of nitrogens with one attached hydrogen (secondary N) is 1. The number of rotatable bonds is 5. The quantitative estimate of drug-likeness (QED) is 0.883. The summed E-state index contributed by atoms with van der Waals surface area (Å²) in [4.78, 5) is 12.2. The number of halogens is 1. The largest absolute Gasteiger partial charge is 0.321 e. The number of carbonyl (C=O) groups excluding carboxylic acids is 1. The van der Waals surface area contributed by atoms with Crippen LogP contribution in [0.15, 0.2) is 28.7 Å². The van der Waals surface area contributed by atoms with Crippen LogP contribution in [0.5, 0.6) is 0 Å². The van der Waals surface area contributed by atoms with Crippen LogP contribution in [-0.4, -0.2) is 15.7 Å². The van der Waals surface area contributed by atoms with Gasteiger partial charge in [0.05, 0.1) is 10.2 Å². The molecular weight excluding hydrogens is 330 g/mol. The van der Waals surface area contributed by atoms with Gasteiger partial charge in [-0.15, -0.1) is 0 Å². The lowest BCUT2D eigenvalue weighted by Crippen LogP contribution is -2.13. The lowest BCUT2D eigenvalue weighted by atomic mass is 10.1. The number of nitrogens with zero attached hydrogens (tertiary/aromatic N) is 2. The van der Waals surface area contributed by atoms with Crippen LogP contribution in [0.1, 0.15) is 41.5 Å². The Hall–Kier alpha value is -1.62. The summed E-state index contributed by atoms with van der Waals surface area (Å²) in [5, 5.41) is 7.10. The van der Waals surface area contributed by atoms with Crippen molar-refractivity contribution in [2.24, 2.45) is 7.05 Å². The van der Waals surface area contributed by atoms with E-state index in [9.17, 15) is 4.79 Å². The molecule has 2 aromatic rings. The molecule has 112 valence electrons. The van der Waals surface area contributed by atoms with Gasteiger partial charge in [-0.25, -0.2) is 0 Å². The normalized spacial score (nSPS) is 10.7. The maximum Gasteiger partial charge on any atom is 0.277 e. The lowest BCUT2D eigenvalue weighted by Gasteiger charge is -2.05. The molecule has 0 radical (unpaired) electrons. The summed E-state index contributed by atoms with van der Waals surface area (Å²) in [6, 6.07) is 7.99. The highest BCUT2D eigenvalue weighted by atomic mass is 79.9. The molecule has 0 unspecified atom stereocenters. The van der Waals surface area contributed by atoms with Gasteiger partial charge in [-0.3, -0.25) is 9.48 Å². The van der Waals surface area contributed by atoms with Gasteiger partial charge in [-0.05, 0) is 53.4 Å². The Balaban J connectivity index is 2.07. The SMILES string of the molecule is CCCCc1ccc(NC(=O)c2nn(C)c(C)c2Br)cc1. The van der Waals surface area contributed by atoms with E-state index in [-0.39, 0.29) is 5.91 Å². The molecule has 0 aliphatic carbocycles. The second kappa shape index (κ2) is 6.89. The number of aryl methyl sites for hydroxylation is 2. The van der Waals surface area contributed by atoms with Gasteiger partial charge in [0.25, 0.3) is 5.91 Å². The van der Waals surface area contributed by atoms with Crippen molar-refractivity contribution >= 4 is 27.5 Å². The molecule has 5 heteroatoms. The molecule has 1 aromatic heterocycles. The molecule has 21 heavy (non-hydrogen) atoms. The summed E-state index contributed by atoms with van der Waals surface area (Å²) in [7, 11) is 1.82. The first-order chi connectivity index (χ1) is 10.0. The van der Waals surface area contributed by atoms with Crippen molar-refractivity contribution in [1.82, 2.24) is 9.78 Å². The number of benzene rings is 1. The Morgan fingerprint density at radius 1 is 1.33 bits per heavy atom. The van der Waals surface area contributed by atoms with Crippen molar-refractivity contribution < 1.29 is 4.79 Å². The first kappa shape index (κ1) is 15.8. The van der Waals surface area contributed by atoms with E-state index >= 15 is 0 Å². The van der Waals surface area contributed by atoms with Gasteiger partial charge in [-0.1, -0.05) is 25.5 Å². The molecule has 1 aromatic carbocycles. The maximum atomic E-state index is 12.2. The fourth-order valence-corrected chi connectivity index (χ4v) is 2.57. The van der Waals surface area contributed by atoms with Crippen molar-refractivity contribution in [1.29, 1.82) is 0 Å². The summed E-state index contributed by atoms with van der Waals surface area (Å²) in [6.07, 6.45) is 3.45. The first-order valence-corrected chi connectivity index (χ1v) is 7.91. The van der Waals surface area contributed by atoms with Gasteiger partial charge >= 0.3 is 0 Å². The zero-order valence-electron chi connectivity index (χ0n) is 12.6. The molecule has 0 fully saturated rings. The predicted molar refractivity (Wildman–Crippen MR) is 88.7 cm³/mol. The van der Waals surface area contributed by atoms with E-state index in [1.165, 1.54) is 18.4 Å². The highest BCUT2D eigenvalue weighted by Gasteiger charge is 2.17. The van der Waals surface area contributed by atoms with E-state index in [1.54, 1.807) is 4.68 Å². The number of unbranched alkanes of at least 4 members (excludes halogenated alkanes) is 1.